The molecule has 0 aliphatic carbocycles. The number of ketones is 1. The van der Waals surface area contributed by atoms with E-state index < -0.39 is 38.7 Å². The number of hydrogen-bond donors (Lipinski definition) is 2. The zero-order chi connectivity index (χ0) is 25.6. The van der Waals surface area contributed by atoms with Crippen molar-refractivity contribution in [3.63, 3.8) is 0 Å². The van der Waals surface area contributed by atoms with Crippen molar-refractivity contribution in [2.45, 2.75) is 13.3 Å². The lowest BCUT2D eigenvalue weighted by Crippen LogP contribution is -2.18. The monoisotopic (exact) mass is 509 g/mol. The molecule has 3 aromatic heterocycles. The van der Waals surface area contributed by atoms with Crippen molar-refractivity contribution in [2.75, 3.05) is 10.5 Å². The van der Waals surface area contributed by atoms with E-state index in [-0.39, 0.29) is 11.3 Å². The van der Waals surface area contributed by atoms with E-state index >= 15 is 4.39 Å². The van der Waals surface area contributed by atoms with E-state index in [2.05, 4.69) is 19.8 Å². The van der Waals surface area contributed by atoms with E-state index in [0.29, 0.717) is 23.0 Å². The molecule has 0 radical (unpaired) electrons. The molecule has 0 unspecified atom stereocenters. The number of aryl methyl sites for hydroxylation is 1. The zero-order valence-corrected chi connectivity index (χ0v) is 20.2. The molecule has 3 heterocycles. The van der Waals surface area contributed by atoms with E-state index in [0.717, 1.165) is 28.6 Å². The third-order valence-electron chi connectivity index (χ3n) is 5.78. The van der Waals surface area contributed by atoms with Gasteiger partial charge >= 0.3 is 0 Å². The van der Waals surface area contributed by atoms with Gasteiger partial charge in [-0.3, -0.25) is 14.2 Å². The molecule has 0 aliphatic heterocycles. The number of nitrogens with zero attached hydrogens (tertiary/aromatic N) is 3. The molecule has 8 nitrogen and oxygen atoms in total. The van der Waals surface area contributed by atoms with Crippen molar-refractivity contribution in [1.29, 1.82) is 0 Å². The number of aromatic nitrogens is 4. The predicted octanol–water partition coefficient (Wildman–Crippen LogP) is 4.78. The largest absolute Gasteiger partial charge is 0.345 e. The van der Waals surface area contributed by atoms with Gasteiger partial charge in [-0.1, -0.05) is 13.0 Å². The van der Waals surface area contributed by atoms with Crippen LogP contribution in [0.2, 0.25) is 0 Å². The Morgan fingerprint density at radius 2 is 1.94 bits per heavy atom. The summed E-state index contributed by atoms with van der Waals surface area (Å²) in [7, 11) is -2.02. The molecule has 2 N–H and O–H groups in total. The normalized spacial score (nSPS) is 11.9. The number of carbonyl (C=O) groups is 1. The lowest BCUT2D eigenvalue weighted by molar-refractivity contribution is 0.103. The first-order chi connectivity index (χ1) is 17.2. The highest BCUT2D eigenvalue weighted by atomic mass is 32.2. The lowest BCUT2D eigenvalue weighted by Gasteiger charge is -2.11. The van der Waals surface area contributed by atoms with Crippen molar-refractivity contribution in [2.24, 2.45) is 7.05 Å². The van der Waals surface area contributed by atoms with Gasteiger partial charge in [0.05, 0.1) is 22.5 Å². The number of anilines is 1. The van der Waals surface area contributed by atoms with Crippen LogP contribution in [0.1, 0.15) is 29.3 Å². The van der Waals surface area contributed by atoms with E-state index in [1.165, 1.54) is 6.20 Å². The van der Waals surface area contributed by atoms with Gasteiger partial charge in [0.15, 0.2) is 5.82 Å². The van der Waals surface area contributed by atoms with Gasteiger partial charge in [0, 0.05) is 47.5 Å². The van der Waals surface area contributed by atoms with Gasteiger partial charge < -0.3 is 4.98 Å². The maximum atomic E-state index is 15.2. The van der Waals surface area contributed by atoms with Crippen molar-refractivity contribution >= 4 is 43.4 Å². The molecule has 0 spiro atoms. The number of H-pyrrole nitrogens is 1. The number of rotatable bonds is 7. The molecule has 0 aliphatic rings. The molecule has 0 atom stereocenters. The standard InChI is InChI=1S/C25H21F2N5O3S/c1-3-8-36(34,35)31-21-7-5-19(26)22(23(21)27)24(33)18-12-29-25-17(18)10-15(11-28-25)14-4-6-20-16(9-14)13-32(2)30-20/h4-7,9-13,31H,3,8H2,1-2H3,(H,28,29). The number of aromatic amines is 1. The van der Waals surface area contributed by atoms with Gasteiger partial charge in [-0.25, -0.2) is 22.2 Å². The molecule has 11 heteroatoms. The average Bonchev–Trinajstić information content (AvgIpc) is 3.42. The van der Waals surface area contributed by atoms with Crippen LogP contribution in [-0.4, -0.2) is 39.7 Å². The molecule has 2 aromatic carbocycles. The van der Waals surface area contributed by atoms with E-state index in [1.54, 1.807) is 23.9 Å². The second-order valence-electron chi connectivity index (χ2n) is 8.43. The Labute approximate surface area is 205 Å². The number of benzene rings is 2. The van der Waals surface area contributed by atoms with E-state index in [4.69, 9.17) is 0 Å². The van der Waals surface area contributed by atoms with Crippen LogP contribution in [0.4, 0.5) is 14.5 Å². The van der Waals surface area contributed by atoms with E-state index in [9.17, 15) is 17.6 Å². The Morgan fingerprint density at radius 1 is 1.14 bits per heavy atom. The zero-order valence-electron chi connectivity index (χ0n) is 19.3. The van der Waals surface area contributed by atoms with Crippen LogP contribution in [0, 0.1) is 11.6 Å². The smallest absolute Gasteiger partial charge is 0.232 e. The van der Waals surface area contributed by atoms with Crippen molar-refractivity contribution < 1.29 is 22.0 Å². The minimum Gasteiger partial charge on any atom is -0.345 e. The van der Waals surface area contributed by atoms with Crippen molar-refractivity contribution in [3.05, 3.63) is 77.8 Å². The molecule has 0 fully saturated rings. The first-order valence-corrected chi connectivity index (χ1v) is 12.8. The van der Waals surface area contributed by atoms with Gasteiger partial charge in [0.2, 0.25) is 15.8 Å². The Kier molecular flexibility index (Phi) is 5.79. The van der Waals surface area contributed by atoms with Gasteiger partial charge in [-0.15, -0.1) is 0 Å². The maximum Gasteiger partial charge on any atom is 0.232 e. The summed E-state index contributed by atoms with van der Waals surface area (Å²) in [6.07, 6.45) is 5.15. The Bertz CT molecular complexity index is 1760. The molecule has 0 saturated carbocycles. The molecule has 0 amide bonds. The fraction of sp³-hybridized carbons (Fsp3) is 0.160. The fourth-order valence-electron chi connectivity index (χ4n) is 4.14. The summed E-state index contributed by atoms with van der Waals surface area (Å²) in [5.41, 5.74) is 1.39. The van der Waals surface area contributed by atoms with Crippen LogP contribution in [-0.2, 0) is 17.1 Å². The number of pyridine rings is 1. The van der Waals surface area contributed by atoms with Crippen LogP contribution in [0.15, 0.2) is 55.0 Å². The summed E-state index contributed by atoms with van der Waals surface area (Å²) in [5.74, 6) is -3.56. The van der Waals surface area contributed by atoms with Gasteiger partial charge in [0.25, 0.3) is 0 Å². The average molecular weight is 510 g/mol. The first-order valence-electron chi connectivity index (χ1n) is 11.1. The highest BCUT2D eigenvalue weighted by Crippen LogP contribution is 2.30. The van der Waals surface area contributed by atoms with Crippen LogP contribution in [0.5, 0.6) is 0 Å². The molecular formula is C25H21F2N5O3S. The molecule has 0 bridgehead atoms. The molecule has 36 heavy (non-hydrogen) atoms. The quantitative estimate of drug-likeness (QED) is 0.307. The SMILES string of the molecule is CCCS(=O)(=O)Nc1ccc(F)c(C(=O)c2c[nH]c3ncc(-c4ccc5nn(C)cc5c4)cc23)c1F. The van der Waals surface area contributed by atoms with Crippen LogP contribution >= 0.6 is 0 Å². The van der Waals surface area contributed by atoms with E-state index in [1.807, 2.05) is 31.4 Å². The van der Waals surface area contributed by atoms with Gasteiger partial charge in [-0.05, 0) is 42.3 Å². The van der Waals surface area contributed by atoms with Crippen molar-refractivity contribution in [1.82, 2.24) is 19.7 Å². The minimum atomic E-state index is -3.85. The first kappa shape index (κ1) is 23.6. The highest BCUT2D eigenvalue weighted by Gasteiger charge is 2.26. The summed E-state index contributed by atoms with van der Waals surface area (Å²) in [5, 5.41) is 5.65. The Morgan fingerprint density at radius 3 is 2.72 bits per heavy atom. The van der Waals surface area contributed by atoms with Crippen LogP contribution < -0.4 is 4.72 Å². The minimum absolute atomic E-state index is 0.00757. The summed E-state index contributed by atoms with van der Waals surface area (Å²) < 4.78 is 57.9. The maximum absolute atomic E-state index is 15.2. The van der Waals surface area contributed by atoms with Gasteiger partial charge in [0.1, 0.15) is 11.5 Å². The second kappa shape index (κ2) is 8.83. The number of fused-ring (bicyclic) bond motifs is 2. The Balaban J connectivity index is 1.57. The summed E-state index contributed by atoms with van der Waals surface area (Å²) >= 11 is 0. The molecular weight excluding hydrogens is 488 g/mol. The molecule has 5 rings (SSSR count). The van der Waals surface area contributed by atoms with Crippen LogP contribution in [0.3, 0.4) is 0 Å². The van der Waals surface area contributed by atoms with Crippen molar-refractivity contribution in [3.8, 4) is 11.1 Å². The molecule has 184 valence electrons. The molecule has 5 aromatic rings. The third-order valence-corrected chi connectivity index (χ3v) is 7.26. The Hall–Kier alpha value is -4.12. The number of hydrogen-bond acceptors (Lipinski definition) is 5. The number of halogens is 2. The fourth-order valence-corrected chi connectivity index (χ4v) is 5.27. The highest BCUT2D eigenvalue weighted by molar-refractivity contribution is 7.92. The number of sulfonamides is 1. The lowest BCUT2D eigenvalue weighted by atomic mass is 9.99. The summed E-state index contributed by atoms with van der Waals surface area (Å²) in [6, 6.07) is 9.21. The second-order valence-corrected chi connectivity index (χ2v) is 10.3. The van der Waals surface area contributed by atoms with Crippen LogP contribution in [0.25, 0.3) is 33.1 Å². The summed E-state index contributed by atoms with van der Waals surface area (Å²) in [6.45, 7) is 1.66. The predicted molar refractivity (Wildman–Crippen MR) is 133 cm³/mol. The van der Waals surface area contributed by atoms with Gasteiger partial charge in [-0.2, -0.15) is 5.10 Å². The summed E-state index contributed by atoms with van der Waals surface area (Å²) in [4.78, 5) is 20.5. The topological polar surface area (TPSA) is 110 Å². The third kappa shape index (κ3) is 4.22. The number of nitrogens with one attached hydrogen (secondary N) is 2. The molecule has 0 saturated heterocycles. The number of carbonyl (C=O) groups excluding carboxylic acids is 1.